The summed E-state index contributed by atoms with van der Waals surface area (Å²) in [5.41, 5.74) is 0.314. The maximum Gasteiger partial charge on any atom is 0.453 e. The lowest BCUT2D eigenvalue weighted by atomic mass is 10.0. The maximum absolute atomic E-state index is 13.8. The summed E-state index contributed by atoms with van der Waals surface area (Å²) in [5.74, 6) is -1.67. The van der Waals surface area contributed by atoms with E-state index >= 15 is 0 Å². The number of aromatic nitrogens is 3. The Labute approximate surface area is 111 Å². The Bertz CT molecular complexity index is 635. The van der Waals surface area contributed by atoms with Crippen LogP contribution in [0.25, 0.3) is 0 Å². The zero-order chi connectivity index (χ0) is 14.3. The number of halogens is 4. The van der Waals surface area contributed by atoms with E-state index < -0.39 is 23.9 Å². The zero-order valence-electron chi connectivity index (χ0n) is 10.2. The van der Waals surface area contributed by atoms with Gasteiger partial charge in [-0.15, -0.1) is 5.10 Å². The molecule has 0 saturated heterocycles. The number of hydrogen-bond donors (Lipinski definition) is 1. The standard InChI is InChI=1S/C12H10F4N4/c13-8-4-2-1-3-7(8)9-5-6-17-11-18-10(12(14,15)16)19-20(9)11/h1-4,9H,5-6H2,(H,17,18,19). The SMILES string of the molecule is Fc1ccccc1C1CCNc2nc(C(F)(F)F)nn21. The number of fused-ring (bicyclic) bond motifs is 1. The summed E-state index contributed by atoms with van der Waals surface area (Å²) in [6.07, 6.45) is -4.18. The van der Waals surface area contributed by atoms with E-state index in [4.69, 9.17) is 0 Å². The molecule has 0 radical (unpaired) electrons. The van der Waals surface area contributed by atoms with Crippen LogP contribution in [0.3, 0.4) is 0 Å². The molecule has 0 saturated carbocycles. The molecule has 1 unspecified atom stereocenters. The van der Waals surface area contributed by atoms with Gasteiger partial charge in [0.2, 0.25) is 5.95 Å². The van der Waals surface area contributed by atoms with Crippen molar-refractivity contribution in [3.8, 4) is 0 Å². The van der Waals surface area contributed by atoms with E-state index in [1.165, 1.54) is 12.1 Å². The molecule has 3 rings (SSSR count). The van der Waals surface area contributed by atoms with Gasteiger partial charge >= 0.3 is 6.18 Å². The van der Waals surface area contributed by atoms with Crippen LogP contribution in [0.4, 0.5) is 23.5 Å². The van der Waals surface area contributed by atoms with E-state index in [-0.39, 0.29) is 5.95 Å². The number of benzene rings is 1. The van der Waals surface area contributed by atoms with Crippen molar-refractivity contribution in [2.75, 3.05) is 11.9 Å². The van der Waals surface area contributed by atoms with Crippen LogP contribution < -0.4 is 5.32 Å². The Balaban J connectivity index is 2.06. The first-order valence-corrected chi connectivity index (χ1v) is 5.99. The van der Waals surface area contributed by atoms with Gasteiger partial charge in [-0.05, 0) is 12.5 Å². The van der Waals surface area contributed by atoms with Crippen molar-refractivity contribution in [2.24, 2.45) is 0 Å². The molecule has 0 bridgehead atoms. The summed E-state index contributed by atoms with van der Waals surface area (Å²) >= 11 is 0. The molecule has 1 atom stereocenters. The highest BCUT2D eigenvalue weighted by Crippen LogP contribution is 2.33. The third-order valence-electron chi connectivity index (χ3n) is 3.15. The fraction of sp³-hybridized carbons (Fsp3) is 0.333. The topological polar surface area (TPSA) is 42.7 Å². The summed E-state index contributed by atoms with van der Waals surface area (Å²) in [6, 6.07) is 5.41. The molecule has 2 aromatic rings. The minimum absolute atomic E-state index is 0.0110. The lowest BCUT2D eigenvalue weighted by Gasteiger charge is -2.24. The van der Waals surface area contributed by atoms with E-state index in [9.17, 15) is 17.6 Å². The molecule has 1 aliphatic rings. The molecule has 8 heteroatoms. The second-order valence-corrected chi connectivity index (χ2v) is 4.45. The van der Waals surface area contributed by atoms with E-state index in [2.05, 4.69) is 15.4 Å². The molecule has 1 aromatic carbocycles. The van der Waals surface area contributed by atoms with Crippen molar-refractivity contribution in [3.63, 3.8) is 0 Å². The predicted octanol–water partition coefficient (Wildman–Crippen LogP) is 2.84. The molecule has 0 aliphatic carbocycles. The van der Waals surface area contributed by atoms with Crippen molar-refractivity contribution in [2.45, 2.75) is 18.6 Å². The van der Waals surface area contributed by atoms with E-state index in [0.717, 1.165) is 4.68 Å². The second kappa shape index (κ2) is 4.46. The van der Waals surface area contributed by atoms with Gasteiger partial charge in [0.25, 0.3) is 5.82 Å². The van der Waals surface area contributed by atoms with Crippen molar-refractivity contribution in [1.82, 2.24) is 14.8 Å². The first-order chi connectivity index (χ1) is 9.47. The van der Waals surface area contributed by atoms with Crippen molar-refractivity contribution in [3.05, 3.63) is 41.5 Å². The van der Waals surface area contributed by atoms with Crippen LogP contribution in [-0.2, 0) is 6.18 Å². The highest BCUT2D eigenvalue weighted by molar-refractivity contribution is 5.33. The van der Waals surface area contributed by atoms with Crippen LogP contribution in [0.1, 0.15) is 23.9 Å². The summed E-state index contributed by atoms with van der Waals surface area (Å²) in [7, 11) is 0. The lowest BCUT2D eigenvalue weighted by Crippen LogP contribution is -2.25. The number of rotatable bonds is 1. The molecule has 106 valence electrons. The molecule has 2 heterocycles. The van der Waals surface area contributed by atoms with Crippen LogP contribution in [0.5, 0.6) is 0 Å². The van der Waals surface area contributed by atoms with Gasteiger partial charge in [-0.25, -0.2) is 9.07 Å². The predicted molar refractivity (Wildman–Crippen MR) is 62.7 cm³/mol. The van der Waals surface area contributed by atoms with Gasteiger partial charge in [0.15, 0.2) is 0 Å². The van der Waals surface area contributed by atoms with Crippen LogP contribution in [0.2, 0.25) is 0 Å². The molecule has 4 nitrogen and oxygen atoms in total. The van der Waals surface area contributed by atoms with Gasteiger partial charge in [0.05, 0.1) is 6.04 Å². The van der Waals surface area contributed by atoms with E-state index in [1.807, 2.05) is 0 Å². The number of anilines is 1. The summed E-state index contributed by atoms with van der Waals surface area (Å²) in [4.78, 5) is 3.42. The zero-order valence-corrected chi connectivity index (χ0v) is 10.2. The average molecular weight is 286 g/mol. The van der Waals surface area contributed by atoms with Gasteiger partial charge in [-0.3, -0.25) is 0 Å². The molecule has 1 N–H and O–H groups in total. The van der Waals surface area contributed by atoms with Gasteiger partial charge < -0.3 is 5.32 Å². The number of alkyl halides is 3. The van der Waals surface area contributed by atoms with Crippen LogP contribution >= 0.6 is 0 Å². The smallest absolute Gasteiger partial charge is 0.354 e. The van der Waals surface area contributed by atoms with Crippen molar-refractivity contribution in [1.29, 1.82) is 0 Å². The van der Waals surface area contributed by atoms with Crippen LogP contribution in [-0.4, -0.2) is 21.3 Å². The highest BCUT2D eigenvalue weighted by atomic mass is 19.4. The fourth-order valence-corrected chi connectivity index (χ4v) is 2.26. The first kappa shape index (κ1) is 12.9. The molecule has 0 fully saturated rings. The van der Waals surface area contributed by atoms with Crippen LogP contribution in [0, 0.1) is 5.82 Å². The van der Waals surface area contributed by atoms with Gasteiger partial charge in [-0.2, -0.15) is 18.2 Å². The first-order valence-electron chi connectivity index (χ1n) is 5.99. The van der Waals surface area contributed by atoms with Gasteiger partial charge in [0.1, 0.15) is 5.82 Å². The Morgan fingerprint density at radius 3 is 2.70 bits per heavy atom. The third kappa shape index (κ3) is 2.10. The van der Waals surface area contributed by atoms with Gasteiger partial charge in [0, 0.05) is 12.1 Å². The second-order valence-electron chi connectivity index (χ2n) is 4.45. The number of nitrogens with one attached hydrogen (secondary N) is 1. The summed E-state index contributed by atoms with van der Waals surface area (Å²) in [6.45, 7) is 0.412. The Morgan fingerprint density at radius 1 is 1.25 bits per heavy atom. The molecule has 20 heavy (non-hydrogen) atoms. The molecule has 1 aliphatic heterocycles. The van der Waals surface area contributed by atoms with Crippen molar-refractivity contribution >= 4 is 5.95 Å². The fourth-order valence-electron chi connectivity index (χ4n) is 2.26. The summed E-state index contributed by atoms with van der Waals surface area (Å²) < 4.78 is 52.8. The van der Waals surface area contributed by atoms with Crippen LogP contribution in [0.15, 0.2) is 24.3 Å². The minimum atomic E-state index is -4.62. The molecule has 1 aromatic heterocycles. The number of hydrogen-bond acceptors (Lipinski definition) is 3. The quantitative estimate of drug-likeness (QED) is 0.820. The normalized spacial score (nSPS) is 18.5. The van der Waals surface area contributed by atoms with E-state index in [0.29, 0.717) is 18.5 Å². The summed E-state index contributed by atoms with van der Waals surface area (Å²) in [5, 5.41) is 6.21. The molecular weight excluding hydrogens is 276 g/mol. The monoisotopic (exact) mass is 286 g/mol. The molecule has 0 amide bonds. The molecule has 0 spiro atoms. The van der Waals surface area contributed by atoms with E-state index in [1.54, 1.807) is 12.1 Å². The third-order valence-corrected chi connectivity index (χ3v) is 3.15. The highest BCUT2D eigenvalue weighted by Gasteiger charge is 2.39. The molecular formula is C12H10F4N4. The largest absolute Gasteiger partial charge is 0.453 e. The van der Waals surface area contributed by atoms with Crippen molar-refractivity contribution < 1.29 is 17.6 Å². The Kier molecular flexibility index (Phi) is 2.88. The average Bonchev–Trinajstić information content (AvgIpc) is 2.83. The minimum Gasteiger partial charge on any atom is -0.354 e. The Hall–Kier alpha value is -2.12. The lowest BCUT2D eigenvalue weighted by molar-refractivity contribution is -0.145. The van der Waals surface area contributed by atoms with Gasteiger partial charge in [-0.1, -0.05) is 18.2 Å². The Morgan fingerprint density at radius 2 is 2.00 bits per heavy atom. The number of nitrogens with zero attached hydrogens (tertiary/aromatic N) is 3. The maximum atomic E-state index is 13.8.